The fraction of sp³-hybridized carbons (Fsp3) is 0.120. The highest BCUT2D eigenvalue weighted by molar-refractivity contribution is 6.09. The number of hydrogen-bond acceptors (Lipinski definition) is 6. The van der Waals surface area contributed by atoms with Gasteiger partial charge in [-0.25, -0.2) is 0 Å². The minimum absolute atomic E-state index is 0.00879. The quantitative estimate of drug-likeness (QED) is 0.212. The van der Waals surface area contributed by atoms with Gasteiger partial charge in [0.1, 0.15) is 18.2 Å². The second kappa shape index (κ2) is 11.1. The van der Waals surface area contributed by atoms with Crippen LogP contribution in [0.15, 0.2) is 78.4 Å². The van der Waals surface area contributed by atoms with E-state index in [-0.39, 0.29) is 17.9 Å². The zero-order valence-corrected chi connectivity index (χ0v) is 17.9. The summed E-state index contributed by atoms with van der Waals surface area (Å²) in [7, 11) is 0. The van der Waals surface area contributed by atoms with Crippen molar-refractivity contribution in [2.75, 3.05) is 11.9 Å². The standard InChI is InChI=1S/C25H21N3O5/c1-2-32-24-15-19(14-20(16-26)25(29)27-21-6-4-3-5-7-21)10-13-23(24)33-17-18-8-11-22(12-9-18)28(30)31/h3-15H,2,17H2,1H3,(H,27,29)/b20-14-. The fourth-order valence-corrected chi connectivity index (χ4v) is 2.91. The first kappa shape index (κ1) is 23.0. The molecule has 3 rings (SSSR count). The predicted octanol–water partition coefficient (Wildman–Crippen LogP) is 5.12. The number of ether oxygens (including phenoxy) is 2. The highest BCUT2D eigenvalue weighted by atomic mass is 16.6. The number of nitriles is 1. The molecule has 0 bridgehead atoms. The van der Waals surface area contributed by atoms with E-state index >= 15 is 0 Å². The summed E-state index contributed by atoms with van der Waals surface area (Å²) in [6.07, 6.45) is 1.47. The summed E-state index contributed by atoms with van der Waals surface area (Å²) in [4.78, 5) is 22.8. The lowest BCUT2D eigenvalue weighted by molar-refractivity contribution is -0.384. The molecule has 0 heterocycles. The number of nitro groups is 1. The lowest BCUT2D eigenvalue weighted by Gasteiger charge is -2.13. The number of nitrogens with one attached hydrogen (secondary N) is 1. The van der Waals surface area contributed by atoms with E-state index in [2.05, 4.69) is 5.32 Å². The van der Waals surface area contributed by atoms with Crippen molar-refractivity contribution >= 4 is 23.4 Å². The van der Waals surface area contributed by atoms with E-state index in [1.165, 1.54) is 18.2 Å². The lowest BCUT2D eigenvalue weighted by Crippen LogP contribution is -2.13. The molecule has 0 spiro atoms. The molecule has 0 atom stereocenters. The molecule has 0 saturated carbocycles. The van der Waals surface area contributed by atoms with Gasteiger partial charge in [-0.05, 0) is 60.5 Å². The van der Waals surface area contributed by atoms with E-state index in [1.807, 2.05) is 19.1 Å². The summed E-state index contributed by atoms with van der Waals surface area (Å²) >= 11 is 0. The van der Waals surface area contributed by atoms with Crippen LogP contribution in [0.2, 0.25) is 0 Å². The van der Waals surface area contributed by atoms with Gasteiger partial charge in [-0.2, -0.15) is 5.26 Å². The Labute approximate surface area is 190 Å². The number of para-hydroxylation sites is 1. The Hall–Kier alpha value is -4.64. The molecule has 0 aliphatic rings. The first-order valence-corrected chi connectivity index (χ1v) is 10.1. The third-order valence-electron chi connectivity index (χ3n) is 4.52. The molecule has 1 amide bonds. The highest BCUT2D eigenvalue weighted by Crippen LogP contribution is 2.30. The maximum Gasteiger partial charge on any atom is 0.269 e. The Morgan fingerprint density at radius 1 is 1.06 bits per heavy atom. The topological polar surface area (TPSA) is 114 Å². The number of nitrogens with zero attached hydrogens (tertiary/aromatic N) is 2. The lowest BCUT2D eigenvalue weighted by atomic mass is 10.1. The summed E-state index contributed by atoms with van der Waals surface area (Å²) in [5, 5.41) is 22.9. The zero-order valence-electron chi connectivity index (χ0n) is 17.9. The number of rotatable bonds is 9. The summed E-state index contributed by atoms with van der Waals surface area (Å²) in [6.45, 7) is 2.41. The molecular weight excluding hydrogens is 422 g/mol. The number of hydrogen-bond donors (Lipinski definition) is 1. The van der Waals surface area contributed by atoms with Crippen LogP contribution in [0.25, 0.3) is 6.08 Å². The van der Waals surface area contributed by atoms with Crippen LogP contribution >= 0.6 is 0 Å². The molecule has 0 aromatic heterocycles. The predicted molar refractivity (Wildman–Crippen MR) is 124 cm³/mol. The van der Waals surface area contributed by atoms with Crippen molar-refractivity contribution in [1.82, 2.24) is 0 Å². The average molecular weight is 443 g/mol. The molecular formula is C25H21N3O5. The van der Waals surface area contributed by atoms with Crippen LogP contribution in [0.1, 0.15) is 18.1 Å². The van der Waals surface area contributed by atoms with Crippen LogP contribution in [0.3, 0.4) is 0 Å². The van der Waals surface area contributed by atoms with Crippen LogP contribution in [-0.2, 0) is 11.4 Å². The Balaban J connectivity index is 1.75. The number of amides is 1. The number of carbonyl (C=O) groups is 1. The van der Waals surface area contributed by atoms with Crippen molar-refractivity contribution in [3.05, 3.63) is 99.6 Å². The maximum absolute atomic E-state index is 12.5. The third kappa shape index (κ3) is 6.42. The molecule has 0 radical (unpaired) electrons. The highest BCUT2D eigenvalue weighted by Gasteiger charge is 2.12. The van der Waals surface area contributed by atoms with Gasteiger partial charge in [0.05, 0.1) is 11.5 Å². The van der Waals surface area contributed by atoms with E-state index in [4.69, 9.17) is 9.47 Å². The van der Waals surface area contributed by atoms with E-state index in [0.717, 1.165) is 5.56 Å². The Morgan fingerprint density at radius 2 is 1.79 bits per heavy atom. The molecule has 3 aromatic rings. The van der Waals surface area contributed by atoms with Crippen molar-refractivity contribution in [2.45, 2.75) is 13.5 Å². The molecule has 3 aromatic carbocycles. The molecule has 0 unspecified atom stereocenters. The molecule has 0 aliphatic heterocycles. The smallest absolute Gasteiger partial charge is 0.269 e. The average Bonchev–Trinajstić information content (AvgIpc) is 2.83. The van der Waals surface area contributed by atoms with Gasteiger partial charge in [-0.1, -0.05) is 24.3 Å². The number of anilines is 1. The monoisotopic (exact) mass is 443 g/mol. The van der Waals surface area contributed by atoms with Crippen LogP contribution in [0.4, 0.5) is 11.4 Å². The van der Waals surface area contributed by atoms with Crippen LogP contribution in [-0.4, -0.2) is 17.4 Å². The number of nitro benzene ring substituents is 1. The third-order valence-corrected chi connectivity index (χ3v) is 4.52. The SMILES string of the molecule is CCOc1cc(/C=C(/C#N)C(=O)Nc2ccccc2)ccc1OCc1ccc([N+](=O)[O-])cc1. The van der Waals surface area contributed by atoms with Gasteiger partial charge in [0.25, 0.3) is 11.6 Å². The normalized spacial score (nSPS) is 10.7. The van der Waals surface area contributed by atoms with Crippen molar-refractivity contribution in [3.8, 4) is 17.6 Å². The Morgan fingerprint density at radius 3 is 2.42 bits per heavy atom. The first-order valence-electron chi connectivity index (χ1n) is 10.1. The summed E-state index contributed by atoms with van der Waals surface area (Å²) in [5.74, 6) is 0.411. The van der Waals surface area contributed by atoms with Gasteiger partial charge in [-0.3, -0.25) is 14.9 Å². The second-order valence-corrected chi connectivity index (χ2v) is 6.84. The van der Waals surface area contributed by atoms with Crippen molar-refractivity contribution in [3.63, 3.8) is 0 Å². The summed E-state index contributed by atoms with van der Waals surface area (Å²) < 4.78 is 11.5. The number of carbonyl (C=O) groups excluding carboxylic acids is 1. The molecule has 1 N–H and O–H groups in total. The maximum atomic E-state index is 12.5. The van der Waals surface area contributed by atoms with Gasteiger partial charge < -0.3 is 14.8 Å². The molecule has 33 heavy (non-hydrogen) atoms. The van der Waals surface area contributed by atoms with Gasteiger partial charge in [-0.15, -0.1) is 0 Å². The van der Waals surface area contributed by atoms with Crippen molar-refractivity contribution in [2.24, 2.45) is 0 Å². The van der Waals surface area contributed by atoms with Crippen LogP contribution in [0, 0.1) is 21.4 Å². The van der Waals surface area contributed by atoms with E-state index < -0.39 is 10.8 Å². The van der Waals surface area contributed by atoms with Gasteiger partial charge in [0.15, 0.2) is 11.5 Å². The minimum atomic E-state index is -0.514. The van der Waals surface area contributed by atoms with E-state index in [0.29, 0.717) is 29.4 Å². The minimum Gasteiger partial charge on any atom is -0.490 e. The second-order valence-electron chi connectivity index (χ2n) is 6.84. The molecule has 166 valence electrons. The van der Waals surface area contributed by atoms with E-state index in [1.54, 1.807) is 54.6 Å². The molecule has 8 heteroatoms. The fourth-order valence-electron chi connectivity index (χ4n) is 2.91. The summed E-state index contributed by atoms with van der Waals surface area (Å²) in [5.41, 5.74) is 1.90. The van der Waals surface area contributed by atoms with Gasteiger partial charge in [0.2, 0.25) is 0 Å². The van der Waals surface area contributed by atoms with E-state index in [9.17, 15) is 20.2 Å². The van der Waals surface area contributed by atoms with Crippen LogP contribution < -0.4 is 14.8 Å². The molecule has 8 nitrogen and oxygen atoms in total. The van der Waals surface area contributed by atoms with Gasteiger partial charge >= 0.3 is 0 Å². The molecule has 0 aliphatic carbocycles. The zero-order chi connectivity index (χ0) is 23.6. The van der Waals surface area contributed by atoms with Crippen molar-refractivity contribution in [1.29, 1.82) is 5.26 Å². The van der Waals surface area contributed by atoms with Gasteiger partial charge in [0, 0.05) is 17.8 Å². The number of non-ortho nitro benzene ring substituents is 1. The van der Waals surface area contributed by atoms with Crippen LogP contribution in [0.5, 0.6) is 11.5 Å². The Kier molecular flexibility index (Phi) is 7.76. The largest absolute Gasteiger partial charge is 0.490 e. The first-order chi connectivity index (χ1) is 16.0. The van der Waals surface area contributed by atoms with Crippen molar-refractivity contribution < 1.29 is 19.2 Å². The molecule has 0 saturated heterocycles. The summed E-state index contributed by atoms with van der Waals surface area (Å²) in [6, 6.07) is 22.0. The molecule has 0 fully saturated rings. The Bertz CT molecular complexity index is 1200. The number of benzene rings is 3.